The van der Waals surface area contributed by atoms with Crippen LogP contribution in [0.15, 0.2) is 18.2 Å². The van der Waals surface area contributed by atoms with Gasteiger partial charge in [-0.25, -0.2) is 0 Å². The summed E-state index contributed by atoms with van der Waals surface area (Å²) in [4.78, 5) is 10.6. The van der Waals surface area contributed by atoms with E-state index in [1.807, 2.05) is 30.0 Å². The van der Waals surface area contributed by atoms with E-state index in [-0.39, 0.29) is 12.5 Å². The largest absolute Gasteiger partial charge is 0.493 e. The summed E-state index contributed by atoms with van der Waals surface area (Å²) in [5, 5.41) is 8.75. The first-order chi connectivity index (χ1) is 9.69. The lowest BCUT2D eigenvalue weighted by Crippen LogP contribution is -2.23. The lowest BCUT2D eigenvalue weighted by Gasteiger charge is -2.24. The van der Waals surface area contributed by atoms with Gasteiger partial charge in [0.05, 0.1) is 7.11 Å². The highest BCUT2D eigenvalue weighted by atomic mass is 32.2. The zero-order chi connectivity index (χ0) is 14.4. The van der Waals surface area contributed by atoms with E-state index in [9.17, 15) is 4.79 Å². The maximum Gasteiger partial charge on any atom is 0.303 e. The fourth-order valence-corrected chi connectivity index (χ4v) is 3.24. The number of aliphatic carboxylic acids is 1. The van der Waals surface area contributed by atoms with Crippen LogP contribution in [0.25, 0.3) is 0 Å². The van der Waals surface area contributed by atoms with Crippen LogP contribution >= 0.6 is 11.8 Å². The normalized spacial score (nSPS) is 18.6. The Balaban J connectivity index is 2.07. The van der Waals surface area contributed by atoms with Crippen molar-refractivity contribution in [3.8, 4) is 11.5 Å². The van der Waals surface area contributed by atoms with Crippen molar-refractivity contribution in [1.29, 1.82) is 0 Å². The van der Waals surface area contributed by atoms with Gasteiger partial charge in [0, 0.05) is 12.2 Å². The lowest BCUT2D eigenvalue weighted by atomic mass is 10.1. The second-order valence-electron chi connectivity index (χ2n) is 4.84. The molecule has 1 unspecified atom stereocenters. The first-order valence-corrected chi connectivity index (χ1v) is 7.97. The molecular weight excluding hydrogens is 276 g/mol. The summed E-state index contributed by atoms with van der Waals surface area (Å²) in [5.41, 5.74) is 0.965. The zero-order valence-corrected chi connectivity index (χ0v) is 12.4. The molecule has 0 bridgehead atoms. The highest BCUT2D eigenvalue weighted by molar-refractivity contribution is 7.99. The highest BCUT2D eigenvalue weighted by Crippen LogP contribution is 2.31. The fraction of sp³-hybridized carbons (Fsp3) is 0.533. The Kier molecular flexibility index (Phi) is 5.59. The topological polar surface area (TPSA) is 55.8 Å². The van der Waals surface area contributed by atoms with Crippen molar-refractivity contribution in [2.24, 2.45) is 0 Å². The number of ether oxygens (including phenoxy) is 2. The number of carboxylic acids is 1. The van der Waals surface area contributed by atoms with E-state index < -0.39 is 5.97 Å². The number of aryl methyl sites for hydroxylation is 1. The molecule has 1 aliphatic rings. The summed E-state index contributed by atoms with van der Waals surface area (Å²) >= 11 is 1.91. The van der Waals surface area contributed by atoms with Gasteiger partial charge in [0.2, 0.25) is 0 Å². The lowest BCUT2D eigenvalue weighted by molar-refractivity contribution is -0.136. The van der Waals surface area contributed by atoms with Crippen molar-refractivity contribution in [3.63, 3.8) is 0 Å². The SMILES string of the molecule is COc1ccc(CCC(=O)O)cc1OC1CCCSC1. The van der Waals surface area contributed by atoms with Crippen molar-refractivity contribution in [3.05, 3.63) is 23.8 Å². The van der Waals surface area contributed by atoms with Crippen LogP contribution in [0.4, 0.5) is 0 Å². The minimum atomic E-state index is -0.785. The molecule has 0 aliphatic carbocycles. The first-order valence-electron chi connectivity index (χ1n) is 6.82. The van der Waals surface area contributed by atoms with Crippen molar-refractivity contribution in [2.75, 3.05) is 18.6 Å². The van der Waals surface area contributed by atoms with Crippen LogP contribution in [0.3, 0.4) is 0 Å². The Hall–Kier alpha value is -1.36. The Morgan fingerprint density at radius 1 is 1.45 bits per heavy atom. The molecule has 0 spiro atoms. The highest BCUT2D eigenvalue weighted by Gasteiger charge is 2.17. The predicted octanol–water partition coefficient (Wildman–Crippen LogP) is 2.99. The summed E-state index contributed by atoms with van der Waals surface area (Å²) < 4.78 is 11.4. The van der Waals surface area contributed by atoms with Gasteiger partial charge in [0.1, 0.15) is 6.10 Å². The molecule has 1 aromatic rings. The molecular formula is C15H20O4S. The third kappa shape index (κ3) is 4.34. The summed E-state index contributed by atoms with van der Waals surface area (Å²) in [6.45, 7) is 0. The van der Waals surface area contributed by atoms with Crippen LogP contribution in [0, 0.1) is 0 Å². The van der Waals surface area contributed by atoms with E-state index in [1.165, 1.54) is 12.2 Å². The molecule has 2 rings (SSSR count). The number of thioether (sulfide) groups is 1. The number of carboxylic acid groups (broad SMARTS) is 1. The maximum atomic E-state index is 10.6. The first kappa shape index (κ1) is 15.0. The number of hydrogen-bond acceptors (Lipinski definition) is 4. The van der Waals surface area contributed by atoms with Gasteiger partial charge in [0.25, 0.3) is 0 Å². The predicted molar refractivity (Wildman–Crippen MR) is 79.9 cm³/mol. The van der Waals surface area contributed by atoms with E-state index in [4.69, 9.17) is 14.6 Å². The molecule has 5 heteroatoms. The second kappa shape index (κ2) is 7.43. The van der Waals surface area contributed by atoms with Crippen LogP contribution in [0.2, 0.25) is 0 Å². The van der Waals surface area contributed by atoms with Gasteiger partial charge in [-0.15, -0.1) is 0 Å². The molecule has 1 aliphatic heterocycles. The summed E-state index contributed by atoms with van der Waals surface area (Å²) in [6.07, 6.45) is 3.10. The van der Waals surface area contributed by atoms with Crippen LogP contribution in [0.1, 0.15) is 24.8 Å². The number of rotatable bonds is 6. The molecule has 0 amide bonds. The minimum Gasteiger partial charge on any atom is -0.493 e. The Bertz CT molecular complexity index is 455. The molecule has 0 radical (unpaired) electrons. The van der Waals surface area contributed by atoms with Crippen molar-refractivity contribution < 1.29 is 19.4 Å². The van der Waals surface area contributed by atoms with Crippen LogP contribution < -0.4 is 9.47 Å². The number of hydrogen-bond donors (Lipinski definition) is 1. The zero-order valence-electron chi connectivity index (χ0n) is 11.6. The van der Waals surface area contributed by atoms with E-state index in [1.54, 1.807) is 7.11 Å². The molecule has 1 N–H and O–H groups in total. The van der Waals surface area contributed by atoms with Gasteiger partial charge in [-0.2, -0.15) is 11.8 Å². The summed E-state index contributed by atoms with van der Waals surface area (Å²) in [5.74, 6) is 2.85. The molecule has 20 heavy (non-hydrogen) atoms. The molecule has 1 fully saturated rings. The van der Waals surface area contributed by atoms with Gasteiger partial charge >= 0.3 is 5.97 Å². The van der Waals surface area contributed by atoms with Gasteiger partial charge in [0.15, 0.2) is 11.5 Å². The third-order valence-corrected chi connectivity index (χ3v) is 4.45. The van der Waals surface area contributed by atoms with Gasteiger partial charge in [-0.05, 0) is 42.7 Å². The smallest absolute Gasteiger partial charge is 0.303 e. The van der Waals surface area contributed by atoms with E-state index >= 15 is 0 Å². The molecule has 110 valence electrons. The van der Waals surface area contributed by atoms with Gasteiger partial charge < -0.3 is 14.6 Å². The average Bonchev–Trinajstić information content (AvgIpc) is 2.46. The minimum absolute atomic E-state index is 0.130. The molecule has 0 saturated carbocycles. The fourth-order valence-electron chi connectivity index (χ4n) is 2.20. The van der Waals surface area contributed by atoms with E-state index in [0.717, 1.165) is 23.5 Å². The van der Waals surface area contributed by atoms with Crippen LogP contribution in [0.5, 0.6) is 11.5 Å². The van der Waals surface area contributed by atoms with E-state index in [0.29, 0.717) is 12.2 Å². The second-order valence-corrected chi connectivity index (χ2v) is 5.99. The Morgan fingerprint density at radius 2 is 2.30 bits per heavy atom. The maximum absolute atomic E-state index is 10.6. The van der Waals surface area contributed by atoms with Gasteiger partial charge in [-0.3, -0.25) is 4.79 Å². The number of benzene rings is 1. The molecule has 4 nitrogen and oxygen atoms in total. The standard InChI is InChI=1S/C15H20O4S/c1-18-13-6-4-11(5-7-15(16)17)9-14(13)19-12-3-2-8-20-10-12/h4,6,9,12H,2-3,5,7-8,10H2,1H3,(H,16,17). The number of methoxy groups -OCH3 is 1. The Morgan fingerprint density at radius 3 is 2.95 bits per heavy atom. The monoisotopic (exact) mass is 296 g/mol. The van der Waals surface area contributed by atoms with Gasteiger partial charge in [-0.1, -0.05) is 6.07 Å². The molecule has 1 atom stereocenters. The summed E-state index contributed by atoms with van der Waals surface area (Å²) in [6, 6.07) is 5.65. The molecule has 1 saturated heterocycles. The average molecular weight is 296 g/mol. The summed E-state index contributed by atoms with van der Waals surface area (Å²) in [7, 11) is 1.62. The van der Waals surface area contributed by atoms with Crippen LogP contribution in [-0.2, 0) is 11.2 Å². The van der Waals surface area contributed by atoms with Crippen molar-refractivity contribution in [1.82, 2.24) is 0 Å². The molecule has 1 aromatic carbocycles. The van der Waals surface area contributed by atoms with Crippen molar-refractivity contribution in [2.45, 2.75) is 31.8 Å². The quantitative estimate of drug-likeness (QED) is 0.874. The van der Waals surface area contributed by atoms with E-state index in [2.05, 4.69) is 0 Å². The van der Waals surface area contributed by atoms with Crippen LogP contribution in [-0.4, -0.2) is 35.8 Å². The third-order valence-electron chi connectivity index (χ3n) is 3.27. The molecule has 1 heterocycles. The Labute approximate surface area is 123 Å². The number of carbonyl (C=O) groups is 1. The van der Waals surface area contributed by atoms with Crippen molar-refractivity contribution >= 4 is 17.7 Å². The molecule has 0 aromatic heterocycles.